The molecule has 0 aliphatic heterocycles. The minimum absolute atomic E-state index is 0.377. The van der Waals surface area contributed by atoms with Gasteiger partial charge in [-0.3, -0.25) is 0 Å². The zero-order valence-corrected chi connectivity index (χ0v) is 12.1. The summed E-state index contributed by atoms with van der Waals surface area (Å²) in [4.78, 5) is 11.5. The highest BCUT2D eigenvalue weighted by atomic mass is 19.4. The van der Waals surface area contributed by atoms with Crippen molar-refractivity contribution in [2.45, 2.75) is 12.4 Å². The van der Waals surface area contributed by atoms with Crippen LogP contribution in [0, 0.1) is 0 Å². The molecule has 0 spiro atoms. The van der Waals surface area contributed by atoms with Crippen LogP contribution in [0.4, 0.5) is 26.3 Å². The Hall–Kier alpha value is -2.51. The monoisotopic (exact) mass is 348 g/mol. The maximum absolute atomic E-state index is 13.1. The van der Waals surface area contributed by atoms with Crippen molar-refractivity contribution < 1.29 is 35.9 Å². The second kappa shape index (κ2) is 6.18. The minimum Gasteiger partial charge on any atom is -0.465 e. The van der Waals surface area contributed by atoms with E-state index in [-0.39, 0.29) is 5.56 Å². The molecule has 0 aliphatic rings. The number of carbonyl (C=O) groups excluding carboxylic acids is 1. The predicted molar refractivity (Wildman–Crippen MR) is 73.2 cm³/mol. The third-order valence-corrected chi connectivity index (χ3v) is 3.22. The summed E-state index contributed by atoms with van der Waals surface area (Å²) in [6.45, 7) is 0. The lowest BCUT2D eigenvalue weighted by Crippen LogP contribution is -2.11. The molecule has 0 bridgehead atoms. The average molecular weight is 348 g/mol. The third-order valence-electron chi connectivity index (χ3n) is 3.22. The van der Waals surface area contributed by atoms with Gasteiger partial charge in [-0.15, -0.1) is 0 Å². The maximum atomic E-state index is 13.1. The molecule has 0 heterocycles. The number of alkyl halides is 6. The Bertz CT molecular complexity index is 762. The summed E-state index contributed by atoms with van der Waals surface area (Å²) in [6, 6.07) is 6.23. The molecule has 8 heteroatoms. The smallest absolute Gasteiger partial charge is 0.417 e. The number of carbonyl (C=O) groups is 1. The lowest BCUT2D eigenvalue weighted by atomic mass is 9.95. The highest BCUT2D eigenvalue weighted by molar-refractivity contribution is 5.91. The summed E-state index contributed by atoms with van der Waals surface area (Å²) in [6.07, 6.45) is -9.58. The number of hydrogen-bond acceptors (Lipinski definition) is 2. The van der Waals surface area contributed by atoms with Crippen molar-refractivity contribution in [3.8, 4) is 11.1 Å². The van der Waals surface area contributed by atoms with Crippen LogP contribution < -0.4 is 0 Å². The van der Waals surface area contributed by atoms with Gasteiger partial charge in [0.15, 0.2) is 0 Å². The van der Waals surface area contributed by atoms with Crippen molar-refractivity contribution in [2.24, 2.45) is 0 Å². The predicted octanol–water partition coefficient (Wildman–Crippen LogP) is 5.18. The molecule has 0 saturated carbocycles. The summed E-state index contributed by atoms with van der Waals surface area (Å²) < 4.78 is 82.6. The van der Waals surface area contributed by atoms with Crippen molar-refractivity contribution in [1.29, 1.82) is 0 Å². The van der Waals surface area contributed by atoms with Crippen molar-refractivity contribution in [2.75, 3.05) is 7.11 Å². The molecular formula is C16H10F6O2. The molecule has 2 rings (SSSR count). The van der Waals surface area contributed by atoms with E-state index in [1.807, 2.05) is 0 Å². The van der Waals surface area contributed by atoms with Gasteiger partial charge >= 0.3 is 18.3 Å². The number of halogens is 6. The maximum Gasteiger partial charge on any atom is 0.417 e. The second-order valence-corrected chi connectivity index (χ2v) is 4.83. The molecule has 2 nitrogen and oxygen atoms in total. The van der Waals surface area contributed by atoms with E-state index in [2.05, 4.69) is 4.74 Å². The van der Waals surface area contributed by atoms with Crippen LogP contribution in [-0.4, -0.2) is 13.1 Å². The van der Waals surface area contributed by atoms with Gasteiger partial charge in [0.2, 0.25) is 0 Å². The molecular weight excluding hydrogens is 338 g/mol. The van der Waals surface area contributed by atoms with E-state index < -0.39 is 40.6 Å². The molecule has 0 saturated heterocycles. The van der Waals surface area contributed by atoms with Crippen molar-refractivity contribution in [3.05, 3.63) is 59.2 Å². The SMILES string of the molecule is COC(=O)c1cc(-c2ccccc2C(F)(F)F)cc(C(F)(F)F)c1. The first-order valence-corrected chi connectivity index (χ1v) is 6.51. The first-order chi connectivity index (χ1) is 11.0. The largest absolute Gasteiger partial charge is 0.465 e. The zero-order chi connectivity index (χ0) is 18.1. The standard InChI is InChI=1S/C16H10F6O2/c1-24-14(23)10-6-9(7-11(8-10)15(17,18)19)12-4-2-3-5-13(12)16(20,21)22/h2-8H,1H3. The average Bonchev–Trinajstić information content (AvgIpc) is 2.52. The molecule has 0 fully saturated rings. The summed E-state index contributed by atoms with van der Waals surface area (Å²) in [5.74, 6) is -1.08. The topological polar surface area (TPSA) is 26.3 Å². The van der Waals surface area contributed by atoms with Gasteiger partial charge in [-0.1, -0.05) is 18.2 Å². The van der Waals surface area contributed by atoms with Gasteiger partial charge in [-0.25, -0.2) is 4.79 Å². The van der Waals surface area contributed by atoms with Crippen LogP contribution in [0.25, 0.3) is 11.1 Å². The molecule has 0 atom stereocenters. The number of ether oxygens (including phenoxy) is 1. The van der Waals surface area contributed by atoms with E-state index in [4.69, 9.17) is 0 Å². The molecule has 0 unspecified atom stereocenters. The zero-order valence-electron chi connectivity index (χ0n) is 12.1. The van der Waals surface area contributed by atoms with E-state index in [9.17, 15) is 31.1 Å². The quantitative estimate of drug-likeness (QED) is 0.552. The molecule has 24 heavy (non-hydrogen) atoms. The molecule has 0 radical (unpaired) electrons. The normalized spacial score (nSPS) is 12.1. The lowest BCUT2D eigenvalue weighted by molar-refractivity contribution is -0.137. The van der Waals surface area contributed by atoms with E-state index in [0.717, 1.165) is 31.4 Å². The van der Waals surface area contributed by atoms with E-state index in [1.54, 1.807) is 0 Å². The third kappa shape index (κ3) is 3.69. The fourth-order valence-electron chi connectivity index (χ4n) is 2.16. The van der Waals surface area contributed by atoms with Gasteiger partial charge in [0.05, 0.1) is 23.8 Å². The Balaban J connectivity index is 2.74. The fraction of sp³-hybridized carbons (Fsp3) is 0.188. The fourth-order valence-corrected chi connectivity index (χ4v) is 2.16. The molecule has 2 aromatic carbocycles. The Morgan fingerprint density at radius 3 is 2.08 bits per heavy atom. The lowest BCUT2D eigenvalue weighted by Gasteiger charge is -2.15. The molecule has 0 N–H and O–H groups in total. The van der Waals surface area contributed by atoms with Crippen LogP contribution in [0.1, 0.15) is 21.5 Å². The van der Waals surface area contributed by atoms with Crippen LogP contribution in [-0.2, 0) is 17.1 Å². The first-order valence-electron chi connectivity index (χ1n) is 6.51. The Morgan fingerprint density at radius 2 is 1.54 bits per heavy atom. The Morgan fingerprint density at radius 1 is 0.917 bits per heavy atom. The molecule has 0 aliphatic carbocycles. The van der Waals surface area contributed by atoms with Crippen LogP contribution in [0.2, 0.25) is 0 Å². The number of rotatable bonds is 2. The van der Waals surface area contributed by atoms with Crippen molar-refractivity contribution >= 4 is 5.97 Å². The molecule has 0 amide bonds. The second-order valence-electron chi connectivity index (χ2n) is 4.83. The first kappa shape index (κ1) is 17.8. The van der Waals surface area contributed by atoms with Crippen LogP contribution in [0.5, 0.6) is 0 Å². The summed E-state index contributed by atoms with van der Waals surface area (Å²) in [5, 5.41) is 0. The Labute approximate surface area is 132 Å². The van der Waals surface area contributed by atoms with Crippen LogP contribution >= 0.6 is 0 Å². The van der Waals surface area contributed by atoms with Gasteiger partial charge in [0.25, 0.3) is 0 Å². The number of hydrogen-bond donors (Lipinski definition) is 0. The van der Waals surface area contributed by atoms with Gasteiger partial charge < -0.3 is 4.74 Å². The summed E-state index contributed by atoms with van der Waals surface area (Å²) in [7, 11) is 0.964. The number of esters is 1. The van der Waals surface area contributed by atoms with E-state index >= 15 is 0 Å². The van der Waals surface area contributed by atoms with Crippen LogP contribution in [0.3, 0.4) is 0 Å². The summed E-state index contributed by atoms with van der Waals surface area (Å²) >= 11 is 0. The van der Waals surface area contributed by atoms with Gasteiger partial charge in [-0.05, 0) is 35.4 Å². The van der Waals surface area contributed by atoms with Crippen LogP contribution in [0.15, 0.2) is 42.5 Å². The molecule has 128 valence electrons. The highest BCUT2D eigenvalue weighted by Crippen LogP contribution is 2.39. The Kier molecular flexibility index (Phi) is 4.59. The summed E-state index contributed by atoms with van der Waals surface area (Å²) in [5.41, 5.74) is -3.66. The number of methoxy groups -OCH3 is 1. The highest BCUT2D eigenvalue weighted by Gasteiger charge is 2.35. The van der Waals surface area contributed by atoms with E-state index in [0.29, 0.717) is 12.1 Å². The van der Waals surface area contributed by atoms with Crippen molar-refractivity contribution in [3.63, 3.8) is 0 Å². The number of benzene rings is 2. The molecule has 2 aromatic rings. The van der Waals surface area contributed by atoms with Gasteiger partial charge in [0.1, 0.15) is 0 Å². The van der Waals surface area contributed by atoms with Gasteiger partial charge in [0, 0.05) is 0 Å². The molecule has 0 aromatic heterocycles. The minimum atomic E-state index is -4.83. The van der Waals surface area contributed by atoms with E-state index in [1.165, 1.54) is 6.07 Å². The van der Waals surface area contributed by atoms with Crippen molar-refractivity contribution in [1.82, 2.24) is 0 Å². The van der Waals surface area contributed by atoms with Gasteiger partial charge in [-0.2, -0.15) is 26.3 Å².